The van der Waals surface area contributed by atoms with Gasteiger partial charge in [-0.3, -0.25) is 14.1 Å². The highest BCUT2D eigenvalue weighted by molar-refractivity contribution is 5.77. The summed E-state index contributed by atoms with van der Waals surface area (Å²) in [4.78, 5) is 20.0. The first kappa shape index (κ1) is 29.6. The van der Waals surface area contributed by atoms with E-state index in [1.165, 1.54) is 5.69 Å². The average Bonchev–Trinajstić information content (AvgIpc) is 3.72. The minimum atomic E-state index is -0.858. The first-order valence-electron chi connectivity index (χ1n) is 14.4. The Bertz CT molecular complexity index is 1370. The number of fused-ring (bicyclic) bond motifs is 1. The second-order valence-corrected chi connectivity index (χ2v) is 10.0. The van der Waals surface area contributed by atoms with Crippen molar-refractivity contribution in [3.63, 3.8) is 0 Å². The van der Waals surface area contributed by atoms with Crippen LogP contribution in [0.3, 0.4) is 0 Å². The monoisotopic (exact) mass is 578 g/mol. The summed E-state index contributed by atoms with van der Waals surface area (Å²) in [7, 11) is 0. The third-order valence-electron chi connectivity index (χ3n) is 7.26. The van der Waals surface area contributed by atoms with E-state index >= 15 is 0 Å². The molecule has 1 aliphatic rings. The SMILES string of the molecule is O=C(O)CCOCCOCCOCCN1CCN(c2ccc(-c3cnc(CCc4ccco4)n4cnnc34)cc2)CC1. The smallest absolute Gasteiger partial charge is 0.305 e. The molecule has 224 valence electrons. The van der Waals surface area contributed by atoms with Crippen molar-refractivity contribution in [1.29, 1.82) is 0 Å². The van der Waals surface area contributed by atoms with Crippen LogP contribution < -0.4 is 4.90 Å². The number of carboxylic acids is 1. The first-order valence-corrected chi connectivity index (χ1v) is 14.4. The molecular formula is C30H38N6O6. The lowest BCUT2D eigenvalue weighted by molar-refractivity contribution is -0.138. The Hall–Kier alpha value is -3.84. The van der Waals surface area contributed by atoms with Gasteiger partial charge in [-0.2, -0.15) is 0 Å². The minimum absolute atomic E-state index is 0.0132. The first-order chi connectivity index (χ1) is 20.7. The van der Waals surface area contributed by atoms with E-state index in [4.69, 9.17) is 28.7 Å². The van der Waals surface area contributed by atoms with E-state index in [0.717, 1.165) is 73.9 Å². The Labute approximate surface area is 244 Å². The standard InChI is InChI=1S/C30H38N6O6/c37-29(38)9-16-39-18-20-41-21-19-40-17-14-34-10-12-35(13-11-34)25-5-3-24(4-6-25)27-22-31-28(36-23-32-33-30(27)36)8-7-26-2-1-15-42-26/h1-6,15,22-23H,7-14,16-21H2,(H,37,38). The molecule has 4 aromatic rings. The molecule has 0 radical (unpaired) electrons. The van der Waals surface area contributed by atoms with Crippen molar-refractivity contribution in [1.82, 2.24) is 24.5 Å². The largest absolute Gasteiger partial charge is 0.481 e. The fourth-order valence-corrected chi connectivity index (χ4v) is 4.92. The van der Waals surface area contributed by atoms with E-state index in [-0.39, 0.29) is 13.0 Å². The molecule has 0 bridgehead atoms. The summed E-state index contributed by atoms with van der Waals surface area (Å²) in [5.41, 5.74) is 4.03. The van der Waals surface area contributed by atoms with E-state index in [9.17, 15) is 4.79 Å². The average molecular weight is 579 g/mol. The van der Waals surface area contributed by atoms with Crippen LogP contribution in [0.4, 0.5) is 5.69 Å². The van der Waals surface area contributed by atoms with Gasteiger partial charge in [0.15, 0.2) is 5.65 Å². The fourth-order valence-electron chi connectivity index (χ4n) is 4.92. The van der Waals surface area contributed by atoms with Crippen molar-refractivity contribution in [3.05, 3.63) is 66.8 Å². The van der Waals surface area contributed by atoms with Gasteiger partial charge in [-0.1, -0.05) is 12.1 Å². The van der Waals surface area contributed by atoms with Crippen molar-refractivity contribution < 1.29 is 28.5 Å². The highest BCUT2D eigenvalue weighted by atomic mass is 16.5. The molecular weight excluding hydrogens is 540 g/mol. The van der Waals surface area contributed by atoms with E-state index in [2.05, 4.69) is 44.3 Å². The summed E-state index contributed by atoms with van der Waals surface area (Å²) in [6.07, 6.45) is 6.83. The lowest BCUT2D eigenvalue weighted by atomic mass is 10.1. The van der Waals surface area contributed by atoms with Gasteiger partial charge in [0.1, 0.15) is 17.9 Å². The second kappa shape index (κ2) is 15.4. The normalized spacial score (nSPS) is 14.1. The number of rotatable bonds is 17. The van der Waals surface area contributed by atoms with Gasteiger partial charge in [0, 0.05) is 63.0 Å². The molecule has 4 heterocycles. The van der Waals surface area contributed by atoms with Gasteiger partial charge in [0.05, 0.1) is 52.3 Å². The molecule has 0 aliphatic carbocycles. The number of aliphatic carboxylic acids is 1. The van der Waals surface area contributed by atoms with E-state index in [1.807, 2.05) is 22.7 Å². The van der Waals surface area contributed by atoms with Crippen molar-refractivity contribution in [2.75, 3.05) is 77.3 Å². The van der Waals surface area contributed by atoms with Gasteiger partial charge in [-0.15, -0.1) is 10.2 Å². The Balaban J connectivity index is 1.01. The number of piperazine rings is 1. The predicted octanol–water partition coefficient (Wildman–Crippen LogP) is 2.82. The van der Waals surface area contributed by atoms with Crippen molar-refractivity contribution in [2.45, 2.75) is 19.3 Å². The molecule has 0 unspecified atom stereocenters. The number of ether oxygens (including phenoxy) is 3. The van der Waals surface area contributed by atoms with Crippen LogP contribution in [-0.4, -0.2) is 108 Å². The Morgan fingerprint density at radius 2 is 1.64 bits per heavy atom. The van der Waals surface area contributed by atoms with Crippen LogP contribution in [0, 0.1) is 0 Å². The maximum absolute atomic E-state index is 10.4. The minimum Gasteiger partial charge on any atom is -0.481 e. The number of anilines is 1. The summed E-state index contributed by atoms with van der Waals surface area (Å²) in [6, 6.07) is 12.5. The quantitative estimate of drug-likeness (QED) is 0.186. The molecule has 12 heteroatoms. The zero-order valence-corrected chi connectivity index (χ0v) is 23.8. The van der Waals surface area contributed by atoms with Crippen LogP contribution in [0.5, 0.6) is 0 Å². The van der Waals surface area contributed by atoms with Crippen molar-refractivity contribution >= 4 is 17.3 Å². The van der Waals surface area contributed by atoms with E-state index in [0.29, 0.717) is 33.0 Å². The third-order valence-corrected chi connectivity index (χ3v) is 7.26. The van der Waals surface area contributed by atoms with Gasteiger partial charge in [0.25, 0.3) is 0 Å². The molecule has 1 N–H and O–H groups in total. The lowest BCUT2D eigenvalue weighted by Crippen LogP contribution is -2.47. The molecule has 1 saturated heterocycles. The summed E-state index contributed by atoms with van der Waals surface area (Å²) >= 11 is 0. The van der Waals surface area contributed by atoms with Crippen LogP contribution in [0.1, 0.15) is 18.0 Å². The Kier molecular flexibility index (Phi) is 10.9. The molecule has 0 atom stereocenters. The number of carboxylic acid groups (broad SMARTS) is 1. The van der Waals surface area contributed by atoms with E-state index in [1.54, 1.807) is 12.6 Å². The summed E-state index contributed by atoms with van der Waals surface area (Å²) < 4.78 is 23.8. The maximum atomic E-state index is 10.4. The summed E-state index contributed by atoms with van der Waals surface area (Å²) in [5.74, 6) is 0.979. The fraction of sp³-hybridized carbons (Fsp3) is 0.467. The van der Waals surface area contributed by atoms with Crippen LogP contribution in [0.2, 0.25) is 0 Å². The van der Waals surface area contributed by atoms with Crippen molar-refractivity contribution in [3.8, 4) is 11.1 Å². The van der Waals surface area contributed by atoms with Crippen LogP contribution in [-0.2, 0) is 31.8 Å². The zero-order valence-electron chi connectivity index (χ0n) is 23.8. The van der Waals surface area contributed by atoms with Crippen molar-refractivity contribution in [2.24, 2.45) is 0 Å². The van der Waals surface area contributed by atoms with Gasteiger partial charge in [-0.05, 0) is 29.8 Å². The molecule has 3 aromatic heterocycles. The number of furan rings is 1. The molecule has 12 nitrogen and oxygen atoms in total. The number of aromatic nitrogens is 4. The number of hydrogen-bond donors (Lipinski definition) is 1. The van der Waals surface area contributed by atoms with E-state index < -0.39 is 5.97 Å². The van der Waals surface area contributed by atoms with Crippen LogP contribution in [0.15, 0.2) is 59.6 Å². The topological polar surface area (TPSA) is 128 Å². The molecule has 5 rings (SSSR count). The molecule has 42 heavy (non-hydrogen) atoms. The number of hydrogen-bond acceptors (Lipinski definition) is 10. The Morgan fingerprint density at radius 3 is 2.36 bits per heavy atom. The van der Waals surface area contributed by atoms with Crippen LogP contribution >= 0.6 is 0 Å². The molecule has 0 amide bonds. The Morgan fingerprint density at radius 1 is 0.905 bits per heavy atom. The highest BCUT2D eigenvalue weighted by Gasteiger charge is 2.18. The van der Waals surface area contributed by atoms with Gasteiger partial charge >= 0.3 is 5.97 Å². The highest BCUT2D eigenvalue weighted by Crippen LogP contribution is 2.27. The second-order valence-electron chi connectivity index (χ2n) is 10.0. The number of aryl methyl sites for hydroxylation is 2. The molecule has 0 saturated carbocycles. The van der Waals surface area contributed by atoms with Gasteiger partial charge in [-0.25, -0.2) is 4.98 Å². The third kappa shape index (κ3) is 8.35. The maximum Gasteiger partial charge on any atom is 0.305 e. The molecule has 1 aliphatic heterocycles. The number of carbonyl (C=O) groups is 1. The molecule has 0 spiro atoms. The summed E-state index contributed by atoms with van der Waals surface area (Å²) in [5, 5.41) is 17.1. The van der Waals surface area contributed by atoms with Gasteiger partial charge in [0.2, 0.25) is 0 Å². The van der Waals surface area contributed by atoms with Gasteiger partial charge < -0.3 is 28.6 Å². The number of benzene rings is 1. The molecule has 1 aromatic carbocycles. The number of nitrogens with zero attached hydrogens (tertiary/aromatic N) is 6. The summed E-state index contributed by atoms with van der Waals surface area (Å²) in [6.45, 7) is 7.53. The predicted molar refractivity (Wildman–Crippen MR) is 156 cm³/mol. The lowest BCUT2D eigenvalue weighted by Gasteiger charge is -2.36. The van der Waals surface area contributed by atoms with Crippen LogP contribution in [0.25, 0.3) is 16.8 Å². The molecule has 1 fully saturated rings. The zero-order chi connectivity index (χ0) is 29.0.